The summed E-state index contributed by atoms with van der Waals surface area (Å²) >= 11 is 0. The van der Waals surface area contributed by atoms with Gasteiger partial charge in [0.2, 0.25) is 0 Å². The third-order valence-electron chi connectivity index (χ3n) is 7.15. The average molecular weight is 409 g/mol. The summed E-state index contributed by atoms with van der Waals surface area (Å²) in [7, 11) is 1.90. The van der Waals surface area contributed by atoms with Gasteiger partial charge in [0.15, 0.2) is 5.96 Å². The first-order chi connectivity index (χ1) is 14.2. The first-order valence-electron chi connectivity index (χ1n) is 12.1. The molecule has 1 aliphatic carbocycles. The van der Waals surface area contributed by atoms with E-state index < -0.39 is 0 Å². The van der Waals surface area contributed by atoms with Crippen molar-refractivity contribution in [3.63, 3.8) is 0 Å². The molecule has 1 N–H and O–H groups in total. The number of aliphatic imine (C=N–C) groups is 1. The molecule has 3 fully saturated rings. The van der Waals surface area contributed by atoms with E-state index >= 15 is 0 Å². The van der Waals surface area contributed by atoms with Gasteiger partial charge in [0, 0.05) is 65.6 Å². The van der Waals surface area contributed by atoms with Gasteiger partial charge in [-0.25, -0.2) is 0 Å². The number of guanidine groups is 1. The van der Waals surface area contributed by atoms with Crippen LogP contribution >= 0.6 is 0 Å². The summed E-state index contributed by atoms with van der Waals surface area (Å²) in [5, 5.41) is 3.54. The molecule has 0 unspecified atom stereocenters. The highest BCUT2D eigenvalue weighted by atomic mass is 16.5. The van der Waals surface area contributed by atoms with Crippen molar-refractivity contribution in [2.24, 2.45) is 16.8 Å². The Morgan fingerprint density at radius 2 is 1.72 bits per heavy atom. The zero-order valence-electron chi connectivity index (χ0n) is 19.1. The Morgan fingerprint density at radius 1 is 1.03 bits per heavy atom. The van der Waals surface area contributed by atoms with E-state index in [0.717, 1.165) is 82.6 Å². The van der Waals surface area contributed by atoms with Gasteiger partial charge in [-0.2, -0.15) is 0 Å². The van der Waals surface area contributed by atoms with Crippen molar-refractivity contribution < 1.29 is 9.47 Å². The van der Waals surface area contributed by atoms with Crippen LogP contribution in [0.5, 0.6) is 0 Å². The molecule has 0 aromatic rings. The van der Waals surface area contributed by atoms with Gasteiger partial charge in [0.05, 0.1) is 6.10 Å². The van der Waals surface area contributed by atoms with Gasteiger partial charge in [-0.05, 0) is 56.8 Å². The van der Waals surface area contributed by atoms with Crippen molar-refractivity contribution in [3.05, 3.63) is 0 Å². The number of rotatable bonds is 7. The summed E-state index contributed by atoms with van der Waals surface area (Å²) in [4.78, 5) is 9.69. The highest BCUT2D eigenvalue weighted by molar-refractivity contribution is 5.79. The Balaban J connectivity index is 1.29. The Morgan fingerprint density at radius 3 is 2.34 bits per heavy atom. The molecule has 6 heteroatoms. The molecule has 1 saturated carbocycles. The fraction of sp³-hybridized carbons (Fsp3) is 0.957. The highest BCUT2D eigenvalue weighted by Gasteiger charge is 2.29. The van der Waals surface area contributed by atoms with E-state index in [0.29, 0.717) is 6.10 Å². The van der Waals surface area contributed by atoms with Crippen LogP contribution in [0.1, 0.15) is 58.8 Å². The first kappa shape index (κ1) is 22.8. The lowest BCUT2D eigenvalue weighted by Crippen LogP contribution is -2.55. The summed E-state index contributed by atoms with van der Waals surface area (Å²) in [6.45, 7) is 12.7. The van der Waals surface area contributed by atoms with Gasteiger partial charge in [0.25, 0.3) is 0 Å². The molecule has 29 heavy (non-hydrogen) atoms. The van der Waals surface area contributed by atoms with Gasteiger partial charge in [-0.15, -0.1) is 0 Å². The molecule has 2 aliphatic heterocycles. The summed E-state index contributed by atoms with van der Waals surface area (Å²) in [5.74, 6) is 2.86. The topological polar surface area (TPSA) is 49.3 Å². The lowest BCUT2D eigenvalue weighted by Gasteiger charge is -2.43. The quantitative estimate of drug-likeness (QED) is 0.399. The van der Waals surface area contributed by atoms with Crippen LogP contribution in [0.2, 0.25) is 0 Å². The molecule has 0 radical (unpaired) electrons. The maximum Gasteiger partial charge on any atom is 0.193 e. The van der Waals surface area contributed by atoms with Crippen molar-refractivity contribution >= 4 is 5.96 Å². The predicted octanol–water partition coefficient (Wildman–Crippen LogP) is 2.98. The van der Waals surface area contributed by atoms with E-state index in [4.69, 9.17) is 9.47 Å². The van der Waals surface area contributed by atoms with Crippen molar-refractivity contribution in [2.75, 3.05) is 59.6 Å². The molecule has 3 rings (SSSR count). The largest absolute Gasteiger partial charge is 0.381 e. The van der Waals surface area contributed by atoms with E-state index in [1.807, 2.05) is 7.05 Å². The number of nitrogens with one attached hydrogen (secondary N) is 1. The molecule has 0 aromatic carbocycles. The minimum atomic E-state index is 0.395. The Bertz CT molecular complexity index is 477. The number of hydrogen-bond donors (Lipinski definition) is 1. The van der Waals surface area contributed by atoms with Gasteiger partial charge in [-0.3, -0.25) is 9.89 Å². The second kappa shape index (κ2) is 12.1. The molecule has 0 bridgehead atoms. The zero-order valence-corrected chi connectivity index (χ0v) is 19.1. The SMILES string of the molecule is CN=C(NCCCOC1CCOCC1)N1CCN(C2CCC(C(C)C)CC2)CC1. The minimum absolute atomic E-state index is 0.395. The second-order valence-corrected chi connectivity index (χ2v) is 9.35. The summed E-state index contributed by atoms with van der Waals surface area (Å²) < 4.78 is 11.4. The monoisotopic (exact) mass is 408 g/mol. The van der Waals surface area contributed by atoms with Crippen LogP contribution in [0.25, 0.3) is 0 Å². The van der Waals surface area contributed by atoms with Gasteiger partial charge in [0.1, 0.15) is 0 Å². The molecule has 0 spiro atoms. The smallest absolute Gasteiger partial charge is 0.193 e. The molecular formula is C23H44N4O2. The summed E-state index contributed by atoms with van der Waals surface area (Å²) in [6.07, 6.45) is 9.12. The van der Waals surface area contributed by atoms with Crippen LogP contribution in [0.3, 0.4) is 0 Å². The summed E-state index contributed by atoms with van der Waals surface area (Å²) in [6, 6.07) is 0.810. The second-order valence-electron chi connectivity index (χ2n) is 9.35. The van der Waals surface area contributed by atoms with Crippen LogP contribution in [0.15, 0.2) is 4.99 Å². The van der Waals surface area contributed by atoms with E-state index in [2.05, 4.69) is 34.0 Å². The number of hydrogen-bond acceptors (Lipinski definition) is 4. The third-order valence-corrected chi connectivity index (χ3v) is 7.15. The van der Waals surface area contributed by atoms with Crippen molar-refractivity contribution in [1.29, 1.82) is 0 Å². The molecule has 6 nitrogen and oxygen atoms in total. The average Bonchev–Trinajstić information content (AvgIpc) is 2.77. The first-order valence-corrected chi connectivity index (χ1v) is 12.1. The van der Waals surface area contributed by atoms with Crippen LogP contribution < -0.4 is 5.32 Å². The van der Waals surface area contributed by atoms with Gasteiger partial charge in [-0.1, -0.05) is 13.8 Å². The Kier molecular flexibility index (Phi) is 9.53. The van der Waals surface area contributed by atoms with E-state index in [-0.39, 0.29) is 0 Å². The van der Waals surface area contributed by atoms with Crippen LogP contribution in [0.4, 0.5) is 0 Å². The van der Waals surface area contributed by atoms with E-state index in [9.17, 15) is 0 Å². The Labute approximate surface area is 178 Å². The van der Waals surface area contributed by atoms with Crippen LogP contribution in [-0.2, 0) is 9.47 Å². The fourth-order valence-corrected chi connectivity index (χ4v) is 5.13. The maximum absolute atomic E-state index is 5.97. The zero-order chi connectivity index (χ0) is 20.5. The molecule has 2 heterocycles. The molecule has 0 atom stereocenters. The number of nitrogens with zero attached hydrogens (tertiary/aromatic N) is 3. The van der Waals surface area contributed by atoms with Crippen LogP contribution in [0, 0.1) is 11.8 Å². The predicted molar refractivity (Wildman–Crippen MR) is 120 cm³/mol. The van der Waals surface area contributed by atoms with E-state index in [1.54, 1.807) is 0 Å². The van der Waals surface area contributed by atoms with Gasteiger partial charge < -0.3 is 19.7 Å². The molecular weight excluding hydrogens is 364 g/mol. The summed E-state index contributed by atoms with van der Waals surface area (Å²) in [5.41, 5.74) is 0. The Hall–Kier alpha value is -0.850. The lowest BCUT2D eigenvalue weighted by molar-refractivity contribution is -0.0320. The van der Waals surface area contributed by atoms with Crippen molar-refractivity contribution in [3.8, 4) is 0 Å². The molecule has 0 amide bonds. The van der Waals surface area contributed by atoms with Crippen molar-refractivity contribution in [2.45, 2.75) is 70.9 Å². The molecule has 0 aromatic heterocycles. The standard InChI is InChI=1S/C23H44N4O2/c1-19(2)20-5-7-21(8-6-20)26-12-14-27(15-13-26)23(24-3)25-11-4-16-29-22-9-17-28-18-10-22/h19-22H,4-18H2,1-3H3,(H,24,25). The third kappa shape index (κ3) is 7.11. The maximum atomic E-state index is 5.97. The lowest BCUT2D eigenvalue weighted by atomic mass is 9.79. The molecule has 3 aliphatic rings. The number of piperazine rings is 1. The normalized spacial score (nSPS) is 28.1. The van der Waals surface area contributed by atoms with Crippen LogP contribution in [-0.4, -0.2) is 87.5 Å². The highest BCUT2D eigenvalue weighted by Crippen LogP contribution is 2.32. The molecule has 168 valence electrons. The van der Waals surface area contributed by atoms with Crippen molar-refractivity contribution in [1.82, 2.24) is 15.1 Å². The molecule has 2 saturated heterocycles. The number of ether oxygens (including phenoxy) is 2. The van der Waals surface area contributed by atoms with Gasteiger partial charge >= 0.3 is 0 Å². The minimum Gasteiger partial charge on any atom is -0.381 e. The fourth-order valence-electron chi connectivity index (χ4n) is 5.13. The van der Waals surface area contributed by atoms with E-state index in [1.165, 1.54) is 38.8 Å².